The predicted molar refractivity (Wildman–Crippen MR) is 108 cm³/mol. The molecule has 0 unspecified atom stereocenters. The van der Waals surface area contributed by atoms with Crippen molar-refractivity contribution >= 4 is 23.3 Å². The fourth-order valence-corrected chi connectivity index (χ4v) is 2.85. The summed E-state index contributed by atoms with van der Waals surface area (Å²) in [5.41, 5.74) is 3.78. The first-order valence-electron chi connectivity index (χ1n) is 8.75. The monoisotopic (exact) mass is 380 g/mol. The first-order chi connectivity index (χ1) is 13.1. The molecule has 27 heavy (non-hydrogen) atoms. The van der Waals surface area contributed by atoms with E-state index in [1.165, 1.54) is 17.3 Å². The summed E-state index contributed by atoms with van der Waals surface area (Å²) >= 11 is 5.96. The minimum absolute atomic E-state index is 0.241. The van der Waals surface area contributed by atoms with E-state index in [0.717, 1.165) is 5.56 Å². The quantitative estimate of drug-likeness (QED) is 0.649. The van der Waals surface area contributed by atoms with E-state index in [2.05, 4.69) is 39.7 Å². The SMILES string of the molecule is Cc1ccccc1CNc1cnc(C(=O)NCCc2cccc(Cl)c2)cn1. The lowest BCUT2D eigenvalue weighted by molar-refractivity contribution is 0.0949. The number of amides is 1. The van der Waals surface area contributed by atoms with E-state index in [9.17, 15) is 4.79 Å². The average molecular weight is 381 g/mol. The fourth-order valence-electron chi connectivity index (χ4n) is 2.63. The van der Waals surface area contributed by atoms with Crippen LogP contribution in [0, 0.1) is 6.92 Å². The number of hydrogen-bond acceptors (Lipinski definition) is 4. The Morgan fingerprint density at radius 3 is 2.67 bits per heavy atom. The Kier molecular flexibility index (Phi) is 6.39. The van der Waals surface area contributed by atoms with Crippen LogP contribution in [0.4, 0.5) is 5.82 Å². The number of halogens is 1. The Bertz CT molecular complexity index is 912. The van der Waals surface area contributed by atoms with E-state index in [0.29, 0.717) is 36.0 Å². The Morgan fingerprint density at radius 2 is 1.93 bits per heavy atom. The van der Waals surface area contributed by atoms with Gasteiger partial charge in [-0.05, 0) is 42.2 Å². The summed E-state index contributed by atoms with van der Waals surface area (Å²) in [4.78, 5) is 20.6. The third kappa shape index (κ3) is 5.53. The molecule has 0 atom stereocenters. The van der Waals surface area contributed by atoms with Crippen LogP contribution in [0.25, 0.3) is 0 Å². The molecule has 6 heteroatoms. The van der Waals surface area contributed by atoms with Crippen molar-refractivity contribution < 1.29 is 4.79 Å². The molecule has 3 rings (SSSR count). The van der Waals surface area contributed by atoms with Gasteiger partial charge in [-0.1, -0.05) is 48.0 Å². The molecule has 0 radical (unpaired) electrons. The van der Waals surface area contributed by atoms with Gasteiger partial charge in [0.2, 0.25) is 0 Å². The summed E-state index contributed by atoms with van der Waals surface area (Å²) < 4.78 is 0. The number of aryl methyl sites for hydroxylation is 1. The van der Waals surface area contributed by atoms with E-state index in [1.807, 2.05) is 36.4 Å². The lowest BCUT2D eigenvalue weighted by atomic mass is 10.1. The number of aromatic nitrogens is 2. The van der Waals surface area contributed by atoms with Gasteiger partial charge in [-0.25, -0.2) is 9.97 Å². The molecule has 0 fully saturated rings. The van der Waals surface area contributed by atoms with E-state index in [-0.39, 0.29) is 5.91 Å². The van der Waals surface area contributed by atoms with Crippen LogP contribution >= 0.6 is 11.6 Å². The van der Waals surface area contributed by atoms with Crippen LogP contribution in [0.2, 0.25) is 5.02 Å². The number of benzene rings is 2. The van der Waals surface area contributed by atoms with Crippen LogP contribution < -0.4 is 10.6 Å². The van der Waals surface area contributed by atoms with Crippen molar-refractivity contribution in [3.63, 3.8) is 0 Å². The predicted octanol–water partition coefficient (Wildman–Crippen LogP) is 4.02. The maximum atomic E-state index is 12.2. The maximum absolute atomic E-state index is 12.2. The van der Waals surface area contributed by atoms with E-state index in [4.69, 9.17) is 11.6 Å². The van der Waals surface area contributed by atoms with Crippen LogP contribution in [0.15, 0.2) is 60.9 Å². The van der Waals surface area contributed by atoms with Gasteiger partial charge in [0.05, 0.1) is 12.4 Å². The number of nitrogens with one attached hydrogen (secondary N) is 2. The van der Waals surface area contributed by atoms with Gasteiger partial charge in [-0.15, -0.1) is 0 Å². The third-order valence-electron chi connectivity index (χ3n) is 4.19. The first-order valence-corrected chi connectivity index (χ1v) is 9.12. The van der Waals surface area contributed by atoms with E-state index >= 15 is 0 Å². The maximum Gasteiger partial charge on any atom is 0.271 e. The number of anilines is 1. The van der Waals surface area contributed by atoms with Gasteiger partial charge in [0.15, 0.2) is 0 Å². The zero-order valence-corrected chi connectivity index (χ0v) is 15.8. The van der Waals surface area contributed by atoms with Gasteiger partial charge in [0, 0.05) is 18.1 Å². The summed E-state index contributed by atoms with van der Waals surface area (Å²) in [5, 5.41) is 6.76. The molecule has 0 aliphatic carbocycles. The molecule has 2 aromatic carbocycles. The number of hydrogen-bond donors (Lipinski definition) is 2. The van der Waals surface area contributed by atoms with Gasteiger partial charge >= 0.3 is 0 Å². The Hall–Kier alpha value is -2.92. The molecule has 2 N–H and O–H groups in total. The van der Waals surface area contributed by atoms with Gasteiger partial charge < -0.3 is 10.6 Å². The highest BCUT2D eigenvalue weighted by Crippen LogP contribution is 2.11. The molecule has 1 amide bonds. The molecule has 0 bridgehead atoms. The lowest BCUT2D eigenvalue weighted by Crippen LogP contribution is -2.26. The second kappa shape index (κ2) is 9.14. The Morgan fingerprint density at radius 1 is 1.07 bits per heavy atom. The summed E-state index contributed by atoms with van der Waals surface area (Å²) in [6.07, 6.45) is 3.76. The molecule has 5 nitrogen and oxygen atoms in total. The van der Waals surface area contributed by atoms with Crippen molar-refractivity contribution in [3.8, 4) is 0 Å². The summed E-state index contributed by atoms with van der Waals surface area (Å²) in [5.74, 6) is 0.392. The molecule has 1 aromatic heterocycles. The fraction of sp³-hybridized carbons (Fsp3) is 0.190. The zero-order chi connectivity index (χ0) is 19.1. The largest absolute Gasteiger partial charge is 0.365 e. The van der Waals surface area contributed by atoms with Gasteiger partial charge in [0.1, 0.15) is 11.5 Å². The molecule has 0 saturated carbocycles. The highest BCUT2D eigenvalue weighted by atomic mass is 35.5. The van der Waals surface area contributed by atoms with Crippen molar-refractivity contribution in [3.05, 3.63) is 88.3 Å². The van der Waals surface area contributed by atoms with Gasteiger partial charge in [-0.3, -0.25) is 4.79 Å². The topological polar surface area (TPSA) is 66.9 Å². The Balaban J connectivity index is 1.49. The van der Waals surface area contributed by atoms with Crippen molar-refractivity contribution in [2.75, 3.05) is 11.9 Å². The highest BCUT2D eigenvalue weighted by molar-refractivity contribution is 6.30. The number of carbonyl (C=O) groups excluding carboxylic acids is 1. The van der Waals surface area contributed by atoms with E-state index in [1.54, 1.807) is 6.20 Å². The third-order valence-corrected chi connectivity index (χ3v) is 4.43. The molecule has 0 aliphatic rings. The van der Waals surface area contributed by atoms with Crippen molar-refractivity contribution in [1.29, 1.82) is 0 Å². The standard InChI is InChI=1S/C21H21ClN4O/c1-15-5-2-3-7-17(15)12-25-20-14-24-19(13-26-20)21(27)23-10-9-16-6-4-8-18(22)11-16/h2-8,11,13-14H,9-10,12H2,1H3,(H,23,27)(H,25,26). The van der Waals surface area contributed by atoms with Crippen molar-refractivity contribution in [2.45, 2.75) is 19.9 Å². The van der Waals surface area contributed by atoms with Crippen LogP contribution in [0.5, 0.6) is 0 Å². The number of rotatable bonds is 7. The molecule has 3 aromatic rings. The molecule has 0 spiro atoms. The van der Waals surface area contributed by atoms with Crippen LogP contribution in [0.3, 0.4) is 0 Å². The summed E-state index contributed by atoms with van der Waals surface area (Å²) in [6.45, 7) is 3.24. The van der Waals surface area contributed by atoms with Gasteiger partial charge in [-0.2, -0.15) is 0 Å². The first kappa shape index (κ1) is 18.9. The highest BCUT2D eigenvalue weighted by Gasteiger charge is 2.08. The molecule has 0 aliphatic heterocycles. The minimum Gasteiger partial charge on any atom is -0.365 e. The zero-order valence-electron chi connectivity index (χ0n) is 15.1. The molecular formula is C21H21ClN4O. The van der Waals surface area contributed by atoms with Crippen LogP contribution in [-0.2, 0) is 13.0 Å². The van der Waals surface area contributed by atoms with Crippen molar-refractivity contribution in [2.24, 2.45) is 0 Å². The second-order valence-electron chi connectivity index (χ2n) is 6.20. The second-order valence-corrected chi connectivity index (χ2v) is 6.64. The summed E-state index contributed by atoms with van der Waals surface area (Å²) in [7, 11) is 0. The smallest absolute Gasteiger partial charge is 0.271 e. The van der Waals surface area contributed by atoms with E-state index < -0.39 is 0 Å². The average Bonchev–Trinajstić information content (AvgIpc) is 2.68. The summed E-state index contributed by atoms with van der Waals surface area (Å²) in [6, 6.07) is 15.7. The molecule has 1 heterocycles. The minimum atomic E-state index is -0.241. The Labute approximate surface area is 163 Å². The molecule has 0 saturated heterocycles. The molecule has 138 valence electrons. The van der Waals surface area contributed by atoms with Gasteiger partial charge in [0.25, 0.3) is 5.91 Å². The molecular weight excluding hydrogens is 360 g/mol. The van der Waals surface area contributed by atoms with Crippen molar-refractivity contribution in [1.82, 2.24) is 15.3 Å². The van der Waals surface area contributed by atoms with Crippen LogP contribution in [-0.4, -0.2) is 22.4 Å². The van der Waals surface area contributed by atoms with Crippen LogP contribution in [0.1, 0.15) is 27.2 Å². The lowest BCUT2D eigenvalue weighted by Gasteiger charge is -2.09. The normalized spacial score (nSPS) is 10.4. The number of carbonyl (C=O) groups is 1. The number of nitrogens with zero attached hydrogens (tertiary/aromatic N) is 2.